The summed E-state index contributed by atoms with van der Waals surface area (Å²) in [5, 5.41) is 7.04. The fraction of sp³-hybridized carbons (Fsp3) is 0.625. The third-order valence-corrected chi connectivity index (χ3v) is 4.44. The Balaban J connectivity index is 1.79. The molecule has 2 N–H and O–H groups in total. The Hall–Kier alpha value is -0.450. The lowest BCUT2D eigenvalue weighted by Gasteiger charge is -2.21. The molecule has 20 heavy (non-hydrogen) atoms. The summed E-state index contributed by atoms with van der Waals surface area (Å²) in [6.45, 7) is 3.90. The van der Waals surface area contributed by atoms with Gasteiger partial charge >= 0.3 is 0 Å². The molecule has 0 amide bonds. The van der Waals surface area contributed by atoms with Crippen molar-refractivity contribution in [2.45, 2.75) is 57.7 Å². The van der Waals surface area contributed by atoms with Gasteiger partial charge in [-0.2, -0.15) is 0 Å². The minimum atomic E-state index is -0.138. The summed E-state index contributed by atoms with van der Waals surface area (Å²) in [6.07, 6.45) is 6.33. The summed E-state index contributed by atoms with van der Waals surface area (Å²) in [5.41, 5.74) is 0.722. The topological polar surface area (TPSA) is 24.1 Å². The summed E-state index contributed by atoms with van der Waals surface area (Å²) >= 11 is 3.39. The van der Waals surface area contributed by atoms with E-state index in [0.717, 1.165) is 23.0 Å². The summed E-state index contributed by atoms with van der Waals surface area (Å²) in [4.78, 5) is 0. The van der Waals surface area contributed by atoms with Gasteiger partial charge in [0.1, 0.15) is 5.82 Å². The SMILES string of the molecule is CC(CC1CCCCCN1)NCc1cc(Br)ccc1F. The molecule has 1 aromatic rings. The van der Waals surface area contributed by atoms with E-state index >= 15 is 0 Å². The Labute approximate surface area is 129 Å². The Morgan fingerprint density at radius 2 is 2.25 bits per heavy atom. The molecule has 112 valence electrons. The maximum absolute atomic E-state index is 13.7. The zero-order valence-corrected chi connectivity index (χ0v) is 13.7. The smallest absolute Gasteiger partial charge is 0.127 e. The first-order valence-electron chi connectivity index (χ1n) is 7.56. The standard InChI is InChI=1S/C16H24BrFN2/c1-12(9-15-5-3-2-4-8-19-15)20-11-13-10-14(17)6-7-16(13)18/h6-7,10,12,15,19-20H,2-5,8-9,11H2,1H3. The van der Waals surface area contributed by atoms with Gasteiger partial charge in [-0.05, 0) is 50.9 Å². The molecule has 1 fully saturated rings. The van der Waals surface area contributed by atoms with Crippen molar-refractivity contribution in [3.63, 3.8) is 0 Å². The maximum atomic E-state index is 13.7. The largest absolute Gasteiger partial charge is 0.314 e. The quantitative estimate of drug-likeness (QED) is 0.845. The fourth-order valence-electron chi connectivity index (χ4n) is 2.78. The van der Waals surface area contributed by atoms with Crippen LogP contribution in [-0.4, -0.2) is 18.6 Å². The highest BCUT2D eigenvalue weighted by molar-refractivity contribution is 9.10. The number of hydrogen-bond acceptors (Lipinski definition) is 2. The molecule has 2 unspecified atom stereocenters. The molecule has 0 aliphatic carbocycles. The third kappa shape index (κ3) is 5.15. The predicted octanol–water partition coefficient (Wildman–Crippen LogP) is 3.99. The molecule has 2 nitrogen and oxygen atoms in total. The van der Waals surface area contributed by atoms with Crippen LogP contribution in [0.15, 0.2) is 22.7 Å². The molecular formula is C16H24BrFN2. The van der Waals surface area contributed by atoms with E-state index in [9.17, 15) is 4.39 Å². The minimum absolute atomic E-state index is 0.138. The molecule has 0 radical (unpaired) electrons. The Morgan fingerprint density at radius 3 is 3.10 bits per heavy atom. The predicted molar refractivity (Wildman–Crippen MR) is 85.3 cm³/mol. The third-order valence-electron chi connectivity index (χ3n) is 3.95. The van der Waals surface area contributed by atoms with Gasteiger partial charge in [-0.3, -0.25) is 0 Å². The van der Waals surface area contributed by atoms with E-state index in [4.69, 9.17) is 0 Å². The van der Waals surface area contributed by atoms with E-state index in [-0.39, 0.29) is 5.82 Å². The lowest BCUT2D eigenvalue weighted by Crippen LogP contribution is -2.36. The van der Waals surface area contributed by atoms with Crippen LogP contribution in [-0.2, 0) is 6.54 Å². The number of halogens is 2. The van der Waals surface area contributed by atoms with Gasteiger partial charge in [0.15, 0.2) is 0 Å². The van der Waals surface area contributed by atoms with Crippen LogP contribution >= 0.6 is 15.9 Å². The van der Waals surface area contributed by atoms with Gasteiger partial charge in [0.25, 0.3) is 0 Å². The second-order valence-corrected chi connectivity index (χ2v) is 6.67. The van der Waals surface area contributed by atoms with Crippen LogP contribution in [0.4, 0.5) is 4.39 Å². The normalized spacial score (nSPS) is 21.4. The van der Waals surface area contributed by atoms with Gasteiger partial charge in [-0.15, -0.1) is 0 Å². The van der Waals surface area contributed by atoms with E-state index in [1.54, 1.807) is 6.07 Å². The highest BCUT2D eigenvalue weighted by atomic mass is 79.9. The lowest BCUT2D eigenvalue weighted by atomic mass is 10.0. The van der Waals surface area contributed by atoms with E-state index in [2.05, 4.69) is 33.5 Å². The number of nitrogens with one attached hydrogen (secondary N) is 2. The summed E-state index contributed by atoms with van der Waals surface area (Å²) in [7, 11) is 0. The van der Waals surface area contributed by atoms with E-state index in [0.29, 0.717) is 18.6 Å². The summed E-state index contributed by atoms with van der Waals surface area (Å²) in [6, 6.07) is 6.09. The van der Waals surface area contributed by atoms with E-state index in [1.165, 1.54) is 31.7 Å². The highest BCUT2D eigenvalue weighted by Crippen LogP contribution is 2.16. The zero-order chi connectivity index (χ0) is 14.4. The Kier molecular flexibility index (Phi) is 6.46. The second-order valence-electron chi connectivity index (χ2n) is 5.75. The molecule has 1 saturated heterocycles. The van der Waals surface area contributed by atoms with E-state index < -0.39 is 0 Å². The highest BCUT2D eigenvalue weighted by Gasteiger charge is 2.15. The molecular weight excluding hydrogens is 319 g/mol. The average molecular weight is 343 g/mol. The van der Waals surface area contributed by atoms with Gasteiger partial charge in [-0.25, -0.2) is 4.39 Å². The minimum Gasteiger partial charge on any atom is -0.314 e. The van der Waals surface area contributed by atoms with Crippen LogP contribution in [0.3, 0.4) is 0 Å². The van der Waals surface area contributed by atoms with Gasteiger partial charge in [0.2, 0.25) is 0 Å². The van der Waals surface area contributed by atoms with Gasteiger partial charge in [0, 0.05) is 28.7 Å². The van der Waals surface area contributed by atoms with Crippen molar-refractivity contribution in [3.05, 3.63) is 34.1 Å². The van der Waals surface area contributed by atoms with Gasteiger partial charge < -0.3 is 10.6 Å². The van der Waals surface area contributed by atoms with Crippen LogP contribution in [0.2, 0.25) is 0 Å². The van der Waals surface area contributed by atoms with Gasteiger partial charge in [-0.1, -0.05) is 28.8 Å². The number of rotatable bonds is 5. The zero-order valence-electron chi connectivity index (χ0n) is 12.1. The number of hydrogen-bond donors (Lipinski definition) is 2. The molecule has 1 aromatic carbocycles. The average Bonchev–Trinajstić information content (AvgIpc) is 2.68. The van der Waals surface area contributed by atoms with Crippen molar-refractivity contribution < 1.29 is 4.39 Å². The second kappa shape index (κ2) is 8.11. The monoisotopic (exact) mass is 342 g/mol. The molecule has 2 atom stereocenters. The van der Waals surface area contributed by atoms with Crippen LogP contribution in [0.25, 0.3) is 0 Å². The molecule has 0 bridgehead atoms. The van der Waals surface area contributed by atoms with Crippen LogP contribution < -0.4 is 10.6 Å². The lowest BCUT2D eigenvalue weighted by molar-refractivity contribution is 0.400. The van der Waals surface area contributed by atoms with Gasteiger partial charge in [0.05, 0.1) is 0 Å². The first-order valence-corrected chi connectivity index (χ1v) is 8.35. The van der Waals surface area contributed by atoms with Crippen molar-refractivity contribution in [3.8, 4) is 0 Å². The number of benzene rings is 1. The first-order chi connectivity index (χ1) is 9.65. The van der Waals surface area contributed by atoms with Crippen LogP contribution in [0.5, 0.6) is 0 Å². The molecule has 2 rings (SSSR count). The first kappa shape index (κ1) is 15.9. The summed E-state index contributed by atoms with van der Waals surface area (Å²) < 4.78 is 14.6. The molecule has 1 aliphatic rings. The van der Waals surface area contributed by atoms with E-state index in [1.807, 2.05) is 6.07 Å². The van der Waals surface area contributed by atoms with Crippen molar-refractivity contribution in [1.29, 1.82) is 0 Å². The van der Waals surface area contributed by atoms with Crippen LogP contribution in [0, 0.1) is 5.82 Å². The summed E-state index contributed by atoms with van der Waals surface area (Å²) in [5.74, 6) is -0.138. The molecule has 4 heteroatoms. The molecule has 0 saturated carbocycles. The maximum Gasteiger partial charge on any atom is 0.127 e. The van der Waals surface area contributed by atoms with Crippen LogP contribution in [0.1, 0.15) is 44.6 Å². The molecule has 0 spiro atoms. The Morgan fingerprint density at radius 1 is 1.40 bits per heavy atom. The Bertz CT molecular complexity index is 417. The van der Waals surface area contributed by atoms with Crippen molar-refractivity contribution in [1.82, 2.24) is 10.6 Å². The van der Waals surface area contributed by atoms with Crippen molar-refractivity contribution >= 4 is 15.9 Å². The molecule has 0 aromatic heterocycles. The van der Waals surface area contributed by atoms with Crippen molar-refractivity contribution in [2.24, 2.45) is 0 Å². The molecule has 1 heterocycles. The fourth-order valence-corrected chi connectivity index (χ4v) is 3.18. The van der Waals surface area contributed by atoms with Crippen molar-refractivity contribution in [2.75, 3.05) is 6.54 Å². The molecule has 1 aliphatic heterocycles.